The van der Waals surface area contributed by atoms with Crippen molar-refractivity contribution in [3.63, 3.8) is 0 Å². The fourth-order valence-electron chi connectivity index (χ4n) is 2.45. The van der Waals surface area contributed by atoms with Crippen LogP contribution in [-0.4, -0.2) is 92.8 Å². The lowest BCUT2D eigenvalue weighted by Crippen LogP contribution is -2.53. The van der Waals surface area contributed by atoms with Crippen LogP contribution in [0.1, 0.15) is 24.2 Å². The quantitative estimate of drug-likeness (QED) is 0.307. The smallest absolute Gasteiger partial charge is 0.266 e. The van der Waals surface area contributed by atoms with Crippen LogP contribution in [-0.2, 0) is 4.79 Å². The van der Waals surface area contributed by atoms with Crippen molar-refractivity contribution in [2.24, 2.45) is 0 Å². The van der Waals surface area contributed by atoms with Gasteiger partial charge in [-0.05, 0) is 38.1 Å². The van der Waals surface area contributed by atoms with E-state index in [-0.39, 0.29) is 6.54 Å². The van der Waals surface area contributed by atoms with Crippen molar-refractivity contribution >= 4 is 12.2 Å². The molecule has 0 spiro atoms. The molecule has 1 aromatic rings. The fraction of sp³-hybridized carbons (Fsp3) is 0.556. The third kappa shape index (κ3) is 6.26. The standard InChI is InChI=1S/C18H27NO8/c1-18(2,27-12-6-4-11(9-20)5-7-12)17(26)19(3)8-13(22)15(24)16(25)14(23)10-21/h4-7,9,13-16,21-25H,8,10H2,1-3H3. The number of ether oxygens (including phenoxy) is 1. The van der Waals surface area contributed by atoms with Crippen molar-refractivity contribution in [3.8, 4) is 5.75 Å². The maximum atomic E-state index is 12.6. The molecule has 0 aliphatic rings. The molecule has 152 valence electrons. The SMILES string of the molecule is CN(CC(O)C(O)C(O)C(O)CO)C(=O)C(C)(C)Oc1ccc(C=O)cc1. The Bertz CT molecular complexity index is 618. The van der Waals surface area contributed by atoms with E-state index < -0.39 is 42.5 Å². The Morgan fingerprint density at radius 2 is 1.63 bits per heavy atom. The molecule has 4 unspecified atom stereocenters. The van der Waals surface area contributed by atoms with E-state index in [0.717, 1.165) is 4.90 Å². The van der Waals surface area contributed by atoms with Crippen LogP contribution in [0.3, 0.4) is 0 Å². The molecule has 0 heterocycles. The molecule has 0 saturated carbocycles. The largest absolute Gasteiger partial charge is 0.478 e. The molecule has 9 nitrogen and oxygen atoms in total. The second kappa shape index (κ2) is 9.77. The molecule has 0 radical (unpaired) electrons. The zero-order valence-corrected chi connectivity index (χ0v) is 15.5. The predicted octanol–water partition coefficient (Wildman–Crippen LogP) is -1.45. The van der Waals surface area contributed by atoms with Gasteiger partial charge in [0.2, 0.25) is 0 Å². The number of nitrogens with zero attached hydrogens (tertiary/aromatic N) is 1. The first-order chi connectivity index (χ1) is 12.5. The first-order valence-corrected chi connectivity index (χ1v) is 8.36. The van der Waals surface area contributed by atoms with Gasteiger partial charge in [-0.25, -0.2) is 0 Å². The van der Waals surface area contributed by atoms with Crippen LogP contribution in [0.5, 0.6) is 5.75 Å². The topological polar surface area (TPSA) is 148 Å². The van der Waals surface area contributed by atoms with Crippen molar-refractivity contribution in [3.05, 3.63) is 29.8 Å². The molecule has 0 saturated heterocycles. The van der Waals surface area contributed by atoms with Crippen LogP contribution in [0.2, 0.25) is 0 Å². The van der Waals surface area contributed by atoms with Gasteiger partial charge in [-0.1, -0.05) is 0 Å². The van der Waals surface area contributed by atoms with Gasteiger partial charge < -0.3 is 35.2 Å². The van der Waals surface area contributed by atoms with Crippen LogP contribution in [0.15, 0.2) is 24.3 Å². The molecule has 27 heavy (non-hydrogen) atoms. The van der Waals surface area contributed by atoms with Crippen molar-refractivity contribution in [2.75, 3.05) is 20.2 Å². The van der Waals surface area contributed by atoms with Crippen molar-refractivity contribution in [1.29, 1.82) is 0 Å². The average molecular weight is 385 g/mol. The number of aldehydes is 1. The van der Waals surface area contributed by atoms with Crippen LogP contribution in [0, 0.1) is 0 Å². The number of hydrogen-bond donors (Lipinski definition) is 5. The lowest BCUT2D eigenvalue weighted by atomic mass is 10.0. The maximum Gasteiger partial charge on any atom is 0.266 e. The number of carbonyl (C=O) groups is 2. The summed E-state index contributed by atoms with van der Waals surface area (Å²) in [5.74, 6) is -0.139. The Kier molecular flexibility index (Phi) is 8.32. The van der Waals surface area contributed by atoms with Gasteiger partial charge in [0.05, 0.1) is 6.61 Å². The molecule has 0 aliphatic heterocycles. The second-order valence-electron chi connectivity index (χ2n) is 6.78. The summed E-state index contributed by atoms with van der Waals surface area (Å²) >= 11 is 0. The van der Waals surface area contributed by atoms with Crippen molar-refractivity contribution < 1.29 is 39.9 Å². The Hall–Kier alpha value is -2.04. The highest BCUT2D eigenvalue weighted by Crippen LogP contribution is 2.21. The zero-order valence-electron chi connectivity index (χ0n) is 15.5. The van der Waals surface area contributed by atoms with E-state index in [0.29, 0.717) is 17.6 Å². The molecule has 1 rings (SSSR count). The highest BCUT2D eigenvalue weighted by molar-refractivity contribution is 5.84. The zero-order chi connectivity index (χ0) is 20.8. The van der Waals surface area contributed by atoms with E-state index >= 15 is 0 Å². The number of aliphatic hydroxyl groups excluding tert-OH is 5. The molecule has 4 atom stereocenters. The summed E-state index contributed by atoms with van der Waals surface area (Å²) in [7, 11) is 1.38. The highest BCUT2D eigenvalue weighted by atomic mass is 16.5. The normalized spacial score (nSPS) is 16.1. The van der Waals surface area contributed by atoms with Crippen LogP contribution in [0.25, 0.3) is 0 Å². The highest BCUT2D eigenvalue weighted by Gasteiger charge is 2.36. The van der Waals surface area contributed by atoms with Gasteiger partial charge in [-0.3, -0.25) is 9.59 Å². The van der Waals surface area contributed by atoms with E-state index in [1.807, 2.05) is 0 Å². The maximum absolute atomic E-state index is 12.6. The summed E-state index contributed by atoms with van der Waals surface area (Å²) in [5, 5.41) is 47.6. The van der Waals surface area contributed by atoms with Gasteiger partial charge in [-0.2, -0.15) is 0 Å². The first-order valence-electron chi connectivity index (χ1n) is 8.36. The van der Waals surface area contributed by atoms with E-state index in [9.17, 15) is 30.0 Å². The van der Waals surface area contributed by atoms with E-state index in [1.165, 1.54) is 20.9 Å². The molecule has 0 aliphatic carbocycles. The number of carbonyl (C=O) groups excluding carboxylic acids is 2. The number of amides is 1. The average Bonchev–Trinajstić information content (AvgIpc) is 2.65. The monoisotopic (exact) mass is 385 g/mol. The van der Waals surface area contributed by atoms with Gasteiger partial charge in [0.15, 0.2) is 5.60 Å². The number of aliphatic hydroxyl groups is 5. The van der Waals surface area contributed by atoms with Gasteiger partial charge in [0.1, 0.15) is 36.5 Å². The summed E-state index contributed by atoms with van der Waals surface area (Å²) in [6.07, 6.45) is -6.03. The minimum absolute atomic E-state index is 0.341. The predicted molar refractivity (Wildman–Crippen MR) is 95.3 cm³/mol. The third-order valence-electron chi connectivity index (χ3n) is 4.04. The Morgan fingerprint density at radius 3 is 2.11 bits per heavy atom. The summed E-state index contributed by atoms with van der Waals surface area (Å²) in [4.78, 5) is 24.4. The van der Waals surface area contributed by atoms with Crippen LogP contribution >= 0.6 is 0 Å². The minimum Gasteiger partial charge on any atom is -0.478 e. The van der Waals surface area contributed by atoms with E-state index in [4.69, 9.17) is 9.84 Å². The molecule has 0 aromatic heterocycles. The number of benzene rings is 1. The Labute approximate surface area is 157 Å². The lowest BCUT2D eigenvalue weighted by Gasteiger charge is -2.33. The molecular formula is C18H27NO8. The number of hydrogen-bond acceptors (Lipinski definition) is 8. The van der Waals surface area contributed by atoms with Gasteiger partial charge >= 0.3 is 0 Å². The van der Waals surface area contributed by atoms with E-state index in [1.54, 1.807) is 24.3 Å². The first kappa shape index (κ1) is 23.0. The molecule has 9 heteroatoms. The second-order valence-corrected chi connectivity index (χ2v) is 6.78. The van der Waals surface area contributed by atoms with Gasteiger partial charge in [0.25, 0.3) is 5.91 Å². The molecular weight excluding hydrogens is 358 g/mol. The summed E-state index contributed by atoms with van der Waals surface area (Å²) in [5.41, 5.74) is -0.852. The van der Waals surface area contributed by atoms with Crippen LogP contribution in [0.4, 0.5) is 0 Å². The Balaban J connectivity index is 2.73. The van der Waals surface area contributed by atoms with Gasteiger partial charge in [-0.15, -0.1) is 0 Å². The van der Waals surface area contributed by atoms with Crippen LogP contribution < -0.4 is 4.74 Å². The van der Waals surface area contributed by atoms with Crippen molar-refractivity contribution in [1.82, 2.24) is 4.90 Å². The Morgan fingerprint density at radius 1 is 1.11 bits per heavy atom. The summed E-state index contributed by atoms with van der Waals surface area (Å²) < 4.78 is 5.66. The molecule has 0 bridgehead atoms. The molecule has 1 aromatic carbocycles. The molecule has 5 N–H and O–H groups in total. The third-order valence-corrected chi connectivity index (χ3v) is 4.04. The van der Waals surface area contributed by atoms with E-state index in [2.05, 4.69) is 0 Å². The summed E-state index contributed by atoms with van der Waals surface area (Å²) in [6, 6.07) is 6.18. The molecule has 1 amide bonds. The molecule has 0 fully saturated rings. The van der Waals surface area contributed by atoms with Crippen molar-refractivity contribution in [2.45, 2.75) is 43.9 Å². The minimum atomic E-state index is -1.77. The number of rotatable bonds is 10. The lowest BCUT2D eigenvalue weighted by molar-refractivity contribution is -0.149. The number of likely N-dealkylation sites (N-methyl/N-ethyl adjacent to an activating group) is 1. The fourth-order valence-corrected chi connectivity index (χ4v) is 2.45. The van der Waals surface area contributed by atoms with Gasteiger partial charge in [0, 0.05) is 19.2 Å². The summed E-state index contributed by atoms with van der Waals surface area (Å²) in [6.45, 7) is 1.91.